The summed E-state index contributed by atoms with van der Waals surface area (Å²) in [6, 6.07) is 3.57. The monoisotopic (exact) mass is 187 g/mol. The van der Waals surface area contributed by atoms with Crippen LogP contribution in [0.3, 0.4) is 0 Å². The van der Waals surface area contributed by atoms with E-state index in [1.807, 2.05) is 0 Å². The van der Waals surface area contributed by atoms with Crippen molar-refractivity contribution in [3.05, 3.63) is 32.7 Å². The third kappa shape index (κ3) is 1.42. The molecule has 1 heterocycles. The van der Waals surface area contributed by atoms with Gasteiger partial charge in [0.05, 0.1) is 4.60 Å². The van der Waals surface area contributed by atoms with Gasteiger partial charge >= 0.3 is 0 Å². The Morgan fingerprint density at radius 3 is 2.67 bits per heavy atom. The number of hydrogen-bond acceptors (Lipinski definition) is 1. The molecule has 0 atom stereocenters. The third-order valence-corrected chi connectivity index (χ3v) is 1.53. The van der Waals surface area contributed by atoms with E-state index in [0.29, 0.717) is 0 Å². The van der Waals surface area contributed by atoms with Gasteiger partial charge in [0.25, 0.3) is 5.56 Å². The molecule has 0 radical (unpaired) electrons. The minimum atomic E-state index is -0.0376. The van der Waals surface area contributed by atoms with Crippen molar-refractivity contribution in [2.45, 2.75) is 6.92 Å². The zero-order chi connectivity index (χ0) is 6.85. The Morgan fingerprint density at radius 2 is 2.22 bits per heavy atom. The molecule has 1 aromatic heterocycles. The molecule has 0 aliphatic heterocycles. The number of halogens is 1. The van der Waals surface area contributed by atoms with Crippen LogP contribution in [-0.4, -0.2) is 4.98 Å². The van der Waals surface area contributed by atoms with Crippen LogP contribution in [0.4, 0.5) is 0 Å². The molecule has 0 unspecified atom stereocenters. The maximum absolute atomic E-state index is 10.8. The molecule has 0 aliphatic rings. The van der Waals surface area contributed by atoms with Crippen LogP contribution in [0.25, 0.3) is 0 Å². The molecule has 0 aromatic carbocycles. The Morgan fingerprint density at radius 1 is 1.56 bits per heavy atom. The fraction of sp³-hybridized carbons (Fsp3) is 0.167. The van der Waals surface area contributed by atoms with E-state index in [0.717, 1.165) is 10.2 Å². The predicted octanol–water partition coefficient (Wildman–Crippen LogP) is 1.45. The van der Waals surface area contributed by atoms with Gasteiger partial charge in [-0.05, 0) is 28.9 Å². The van der Waals surface area contributed by atoms with Gasteiger partial charge in [-0.1, -0.05) is 6.07 Å². The fourth-order valence-electron chi connectivity index (χ4n) is 0.523. The highest BCUT2D eigenvalue weighted by molar-refractivity contribution is 9.10. The first kappa shape index (κ1) is 6.55. The molecular formula is C6H6BrNO. The number of aromatic nitrogens is 1. The van der Waals surface area contributed by atoms with E-state index in [9.17, 15) is 4.79 Å². The zero-order valence-electron chi connectivity index (χ0n) is 4.94. The molecule has 1 aromatic rings. The molecule has 0 amide bonds. The number of aryl methyl sites for hydroxylation is 1. The van der Waals surface area contributed by atoms with Crippen molar-refractivity contribution in [2.24, 2.45) is 0 Å². The quantitative estimate of drug-likeness (QED) is 0.614. The van der Waals surface area contributed by atoms with Gasteiger partial charge in [-0.25, -0.2) is 0 Å². The summed E-state index contributed by atoms with van der Waals surface area (Å²) >= 11 is 3.14. The summed E-state index contributed by atoms with van der Waals surface area (Å²) in [5.74, 6) is 0. The molecule has 1 rings (SSSR count). The van der Waals surface area contributed by atoms with Gasteiger partial charge in [0.1, 0.15) is 0 Å². The molecule has 0 aliphatic carbocycles. The van der Waals surface area contributed by atoms with Gasteiger partial charge < -0.3 is 4.98 Å². The van der Waals surface area contributed by atoms with Crippen molar-refractivity contribution >= 4 is 15.9 Å². The Labute approximate surface area is 61.0 Å². The summed E-state index contributed by atoms with van der Waals surface area (Å²) in [6.45, 7) is 1.77. The Balaban J connectivity index is 3.34. The first-order valence-electron chi connectivity index (χ1n) is 2.55. The van der Waals surface area contributed by atoms with Gasteiger partial charge in [0.2, 0.25) is 0 Å². The summed E-state index contributed by atoms with van der Waals surface area (Å²) in [7, 11) is 0. The van der Waals surface area contributed by atoms with Crippen LogP contribution < -0.4 is 5.56 Å². The number of aromatic amines is 1. The SMILES string of the molecule is Cc1ccc(Br)[nH]c1=O. The van der Waals surface area contributed by atoms with Crippen LogP contribution in [0.5, 0.6) is 0 Å². The van der Waals surface area contributed by atoms with Gasteiger partial charge in [0.15, 0.2) is 0 Å². The Kier molecular flexibility index (Phi) is 1.71. The third-order valence-electron chi connectivity index (χ3n) is 1.07. The molecule has 0 fully saturated rings. The van der Waals surface area contributed by atoms with E-state index in [1.165, 1.54) is 0 Å². The minimum Gasteiger partial charge on any atom is -0.316 e. The molecule has 0 bridgehead atoms. The fourth-order valence-corrected chi connectivity index (χ4v) is 0.835. The number of H-pyrrole nitrogens is 1. The molecule has 0 saturated carbocycles. The molecule has 48 valence electrons. The number of pyridine rings is 1. The van der Waals surface area contributed by atoms with Crippen LogP contribution >= 0.6 is 15.9 Å². The highest BCUT2D eigenvalue weighted by Crippen LogP contribution is 2.00. The van der Waals surface area contributed by atoms with Crippen LogP contribution in [-0.2, 0) is 0 Å². The second-order valence-corrected chi connectivity index (χ2v) is 2.67. The smallest absolute Gasteiger partial charge is 0.251 e. The summed E-state index contributed by atoms with van der Waals surface area (Å²) in [6.07, 6.45) is 0. The van der Waals surface area contributed by atoms with Crippen molar-refractivity contribution in [1.82, 2.24) is 4.98 Å². The van der Waals surface area contributed by atoms with E-state index < -0.39 is 0 Å². The molecule has 1 N–H and O–H groups in total. The Bertz CT molecular complexity index is 266. The van der Waals surface area contributed by atoms with Crippen molar-refractivity contribution in [3.8, 4) is 0 Å². The van der Waals surface area contributed by atoms with Crippen molar-refractivity contribution in [2.75, 3.05) is 0 Å². The van der Waals surface area contributed by atoms with Crippen LogP contribution in [0.1, 0.15) is 5.56 Å². The first-order valence-corrected chi connectivity index (χ1v) is 3.35. The second-order valence-electron chi connectivity index (χ2n) is 1.82. The van der Waals surface area contributed by atoms with Crippen molar-refractivity contribution < 1.29 is 0 Å². The Hall–Kier alpha value is -0.570. The molecular weight excluding hydrogens is 182 g/mol. The largest absolute Gasteiger partial charge is 0.316 e. The van der Waals surface area contributed by atoms with E-state index in [-0.39, 0.29) is 5.56 Å². The average Bonchev–Trinajstić information content (AvgIpc) is 1.80. The number of hydrogen-bond donors (Lipinski definition) is 1. The zero-order valence-corrected chi connectivity index (χ0v) is 6.53. The average molecular weight is 188 g/mol. The lowest BCUT2D eigenvalue weighted by Crippen LogP contribution is -2.07. The van der Waals surface area contributed by atoms with Crippen LogP contribution in [0.2, 0.25) is 0 Å². The van der Waals surface area contributed by atoms with Gasteiger partial charge in [-0.15, -0.1) is 0 Å². The van der Waals surface area contributed by atoms with E-state index in [1.54, 1.807) is 19.1 Å². The maximum Gasteiger partial charge on any atom is 0.251 e. The summed E-state index contributed by atoms with van der Waals surface area (Å²) < 4.78 is 0.720. The highest BCUT2D eigenvalue weighted by Gasteiger charge is 1.90. The van der Waals surface area contributed by atoms with Crippen LogP contribution in [0.15, 0.2) is 21.5 Å². The van der Waals surface area contributed by atoms with Crippen molar-refractivity contribution in [3.63, 3.8) is 0 Å². The normalized spacial score (nSPS) is 9.56. The summed E-state index contributed by atoms with van der Waals surface area (Å²) in [5.41, 5.74) is 0.697. The minimum absolute atomic E-state index is 0.0376. The lowest BCUT2D eigenvalue weighted by Gasteiger charge is -1.89. The standard InChI is InChI=1S/C6H6BrNO/c1-4-2-3-5(7)8-6(4)9/h2-3H,1H3,(H,8,9). The lowest BCUT2D eigenvalue weighted by atomic mass is 10.3. The topological polar surface area (TPSA) is 32.9 Å². The molecule has 2 nitrogen and oxygen atoms in total. The number of nitrogens with one attached hydrogen (secondary N) is 1. The molecule has 9 heavy (non-hydrogen) atoms. The van der Waals surface area contributed by atoms with Crippen LogP contribution in [0, 0.1) is 6.92 Å². The number of rotatable bonds is 0. The first-order chi connectivity index (χ1) is 4.20. The van der Waals surface area contributed by atoms with E-state index in [4.69, 9.17) is 0 Å². The molecule has 0 spiro atoms. The lowest BCUT2D eigenvalue weighted by molar-refractivity contribution is 1.15. The van der Waals surface area contributed by atoms with Crippen molar-refractivity contribution in [1.29, 1.82) is 0 Å². The van der Waals surface area contributed by atoms with Gasteiger partial charge in [-0.3, -0.25) is 4.79 Å². The maximum atomic E-state index is 10.8. The molecule has 0 saturated heterocycles. The van der Waals surface area contributed by atoms with E-state index >= 15 is 0 Å². The summed E-state index contributed by atoms with van der Waals surface area (Å²) in [5, 5.41) is 0. The highest BCUT2D eigenvalue weighted by atomic mass is 79.9. The predicted molar refractivity (Wildman–Crippen MR) is 39.5 cm³/mol. The molecule has 3 heteroatoms. The second kappa shape index (κ2) is 2.35. The summed E-state index contributed by atoms with van der Waals surface area (Å²) in [4.78, 5) is 13.4. The van der Waals surface area contributed by atoms with Gasteiger partial charge in [0, 0.05) is 5.56 Å². The van der Waals surface area contributed by atoms with Gasteiger partial charge in [-0.2, -0.15) is 0 Å². The van der Waals surface area contributed by atoms with E-state index in [2.05, 4.69) is 20.9 Å².